The molecular formula is C19H16ClN5O. The first-order valence-corrected chi connectivity index (χ1v) is 8.61. The Morgan fingerprint density at radius 3 is 2.73 bits per heavy atom. The van der Waals surface area contributed by atoms with Crippen molar-refractivity contribution in [2.45, 2.75) is 19.0 Å². The third-order valence-corrected chi connectivity index (χ3v) is 4.61. The molecule has 1 amide bonds. The Balaban J connectivity index is 1.68. The lowest BCUT2D eigenvalue weighted by atomic mass is 10.0. The summed E-state index contributed by atoms with van der Waals surface area (Å²) in [5.41, 5.74) is 2.42. The minimum absolute atomic E-state index is 0.126. The van der Waals surface area contributed by atoms with Crippen molar-refractivity contribution in [3.8, 4) is 0 Å². The molecule has 0 radical (unpaired) electrons. The third kappa shape index (κ3) is 3.23. The van der Waals surface area contributed by atoms with Crippen LogP contribution in [-0.2, 0) is 11.3 Å². The van der Waals surface area contributed by atoms with Crippen molar-refractivity contribution in [3.05, 3.63) is 83.7 Å². The van der Waals surface area contributed by atoms with Gasteiger partial charge in [0.05, 0.1) is 23.8 Å². The molecule has 3 aromatic rings. The Hall–Kier alpha value is -2.99. The van der Waals surface area contributed by atoms with E-state index >= 15 is 0 Å². The number of imidazole rings is 1. The summed E-state index contributed by atoms with van der Waals surface area (Å²) in [5, 5.41) is 6.72. The number of carbonyl (C=O) groups is 1. The molecule has 130 valence electrons. The Labute approximate surface area is 155 Å². The van der Waals surface area contributed by atoms with Gasteiger partial charge in [0.2, 0.25) is 0 Å². The SMILES string of the molecule is O=C(Cn1ccnc1)N1N=C(c2ccccn2)CC1c1ccccc1Cl. The van der Waals surface area contributed by atoms with Crippen LogP contribution in [-0.4, -0.2) is 31.2 Å². The summed E-state index contributed by atoms with van der Waals surface area (Å²) in [5.74, 6) is -0.126. The highest BCUT2D eigenvalue weighted by Gasteiger charge is 2.34. The molecule has 0 N–H and O–H groups in total. The number of hydrazone groups is 1. The van der Waals surface area contributed by atoms with Gasteiger partial charge in [0.1, 0.15) is 6.54 Å². The van der Waals surface area contributed by atoms with Gasteiger partial charge in [0, 0.05) is 30.0 Å². The van der Waals surface area contributed by atoms with Crippen LogP contribution in [0, 0.1) is 0 Å². The fourth-order valence-electron chi connectivity index (χ4n) is 3.02. The molecule has 3 heterocycles. The second kappa shape index (κ2) is 7.09. The van der Waals surface area contributed by atoms with E-state index in [0.717, 1.165) is 17.0 Å². The smallest absolute Gasteiger partial charge is 0.263 e. The first-order valence-electron chi connectivity index (χ1n) is 8.23. The Bertz CT molecular complexity index is 940. The first-order chi connectivity index (χ1) is 12.7. The quantitative estimate of drug-likeness (QED) is 0.712. The maximum Gasteiger partial charge on any atom is 0.263 e. The molecule has 1 aliphatic rings. The Morgan fingerprint density at radius 2 is 2.00 bits per heavy atom. The molecule has 1 unspecified atom stereocenters. The van der Waals surface area contributed by atoms with Crippen molar-refractivity contribution in [1.29, 1.82) is 0 Å². The van der Waals surface area contributed by atoms with Gasteiger partial charge in [-0.05, 0) is 23.8 Å². The van der Waals surface area contributed by atoms with Gasteiger partial charge >= 0.3 is 0 Å². The average molecular weight is 366 g/mol. The molecule has 6 nitrogen and oxygen atoms in total. The van der Waals surface area contributed by atoms with E-state index in [-0.39, 0.29) is 18.5 Å². The average Bonchev–Trinajstić information content (AvgIpc) is 3.32. The zero-order valence-corrected chi connectivity index (χ0v) is 14.6. The Kier molecular flexibility index (Phi) is 4.50. The molecule has 1 aliphatic heterocycles. The van der Waals surface area contributed by atoms with Gasteiger partial charge in [-0.25, -0.2) is 9.99 Å². The van der Waals surface area contributed by atoms with Crippen LogP contribution in [0.15, 0.2) is 72.5 Å². The summed E-state index contributed by atoms with van der Waals surface area (Å²) in [7, 11) is 0. The van der Waals surface area contributed by atoms with Crippen LogP contribution in [0.2, 0.25) is 5.02 Å². The number of carbonyl (C=O) groups excluding carboxylic acids is 1. The van der Waals surface area contributed by atoms with Crippen LogP contribution in [0.25, 0.3) is 0 Å². The van der Waals surface area contributed by atoms with E-state index in [9.17, 15) is 4.79 Å². The van der Waals surface area contributed by atoms with Crippen LogP contribution < -0.4 is 0 Å². The molecule has 1 aromatic carbocycles. The molecule has 1 atom stereocenters. The van der Waals surface area contributed by atoms with E-state index in [4.69, 9.17) is 11.6 Å². The molecule has 0 spiro atoms. The Morgan fingerprint density at radius 1 is 1.15 bits per heavy atom. The maximum atomic E-state index is 12.9. The molecule has 0 fully saturated rings. The maximum absolute atomic E-state index is 12.9. The molecular weight excluding hydrogens is 350 g/mol. The van der Waals surface area contributed by atoms with Gasteiger partial charge in [-0.3, -0.25) is 9.78 Å². The molecule has 4 rings (SSSR count). The lowest BCUT2D eigenvalue weighted by Gasteiger charge is -2.23. The van der Waals surface area contributed by atoms with E-state index in [1.54, 1.807) is 29.5 Å². The number of hydrogen-bond acceptors (Lipinski definition) is 4. The predicted molar refractivity (Wildman–Crippen MR) is 98.7 cm³/mol. The standard InChI is InChI=1S/C19H16ClN5O/c20-15-6-2-1-5-14(15)18-11-17(16-7-3-4-8-22-16)23-25(18)19(26)12-24-10-9-21-13-24/h1-10,13,18H,11-12H2. The predicted octanol–water partition coefficient (Wildman–Crippen LogP) is 3.31. The van der Waals surface area contributed by atoms with E-state index in [1.165, 1.54) is 5.01 Å². The molecule has 7 heteroatoms. The summed E-state index contributed by atoms with van der Waals surface area (Å²) in [4.78, 5) is 21.2. The minimum atomic E-state index is -0.253. The fraction of sp³-hybridized carbons (Fsp3) is 0.158. The number of rotatable bonds is 4. The number of aromatic nitrogens is 3. The van der Waals surface area contributed by atoms with Crippen molar-refractivity contribution in [1.82, 2.24) is 19.5 Å². The number of benzene rings is 1. The molecule has 2 aromatic heterocycles. The minimum Gasteiger partial charge on any atom is -0.328 e. The highest BCUT2D eigenvalue weighted by molar-refractivity contribution is 6.31. The number of amides is 1. The van der Waals surface area contributed by atoms with Gasteiger partial charge in [-0.15, -0.1) is 0 Å². The summed E-state index contributed by atoms with van der Waals surface area (Å²) >= 11 is 6.39. The number of hydrogen-bond donors (Lipinski definition) is 0. The highest BCUT2D eigenvalue weighted by Crippen LogP contribution is 2.36. The van der Waals surface area contributed by atoms with Crippen molar-refractivity contribution >= 4 is 23.2 Å². The second-order valence-electron chi connectivity index (χ2n) is 5.98. The summed E-state index contributed by atoms with van der Waals surface area (Å²) in [6, 6.07) is 13.0. The number of pyridine rings is 1. The highest BCUT2D eigenvalue weighted by atomic mass is 35.5. The summed E-state index contributed by atoms with van der Waals surface area (Å²) in [6.07, 6.45) is 7.30. The zero-order chi connectivity index (χ0) is 17.9. The van der Waals surface area contributed by atoms with E-state index in [1.807, 2.05) is 42.5 Å². The summed E-state index contributed by atoms with van der Waals surface area (Å²) < 4.78 is 1.72. The largest absolute Gasteiger partial charge is 0.328 e. The molecule has 26 heavy (non-hydrogen) atoms. The van der Waals surface area contributed by atoms with Crippen molar-refractivity contribution in [3.63, 3.8) is 0 Å². The van der Waals surface area contributed by atoms with Crippen LogP contribution in [0.3, 0.4) is 0 Å². The van der Waals surface area contributed by atoms with Crippen LogP contribution >= 0.6 is 11.6 Å². The van der Waals surface area contributed by atoms with Gasteiger partial charge in [-0.2, -0.15) is 5.10 Å². The van der Waals surface area contributed by atoms with Gasteiger partial charge in [0.25, 0.3) is 5.91 Å². The number of nitrogens with zero attached hydrogens (tertiary/aromatic N) is 5. The van der Waals surface area contributed by atoms with Crippen LogP contribution in [0.1, 0.15) is 23.7 Å². The monoisotopic (exact) mass is 365 g/mol. The van der Waals surface area contributed by atoms with Crippen molar-refractivity contribution < 1.29 is 4.79 Å². The lowest BCUT2D eigenvalue weighted by Crippen LogP contribution is -2.30. The van der Waals surface area contributed by atoms with E-state index in [2.05, 4.69) is 15.1 Å². The van der Waals surface area contributed by atoms with Crippen molar-refractivity contribution in [2.24, 2.45) is 5.10 Å². The zero-order valence-electron chi connectivity index (χ0n) is 13.9. The van der Waals surface area contributed by atoms with Gasteiger partial charge in [-0.1, -0.05) is 35.9 Å². The molecule has 0 saturated heterocycles. The molecule has 0 bridgehead atoms. The topological polar surface area (TPSA) is 63.4 Å². The molecule has 0 saturated carbocycles. The fourth-order valence-corrected chi connectivity index (χ4v) is 3.29. The van der Waals surface area contributed by atoms with Crippen molar-refractivity contribution in [2.75, 3.05) is 0 Å². The van der Waals surface area contributed by atoms with E-state index in [0.29, 0.717) is 11.4 Å². The summed E-state index contributed by atoms with van der Waals surface area (Å²) in [6.45, 7) is 0.167. The van der Waals surface area contributed by atoms with Crippen LogP contribution in [0.4, 0.5) is 0 Å². The second-order valence-corrected chi connectivity index (χ2v) is 6.38. The number of halogens is 1. The van der Waals surface area contributed by atoms with Gasteiger partial charge < -0.3 is 4.57 Å². The van der Waals surface area contributed by atoms with Gasteiger partial charge in [0.15, 0.2) is 0 Å². The normalized spacial score (nSPS) is 16.6. The van der Waals surface area contributed by atoms with Crippen LogP contribution in [0.5, 0.6) is 0 Å². The third-order valence-electron chi connectivity index (χ3n) is 4.27. The lowest BCUT2D eigenvalue weighted by molar-refractivity contribution is -0.133. The van der Waals surface area contributed by atoms with E-state index < -0.39 is 0 Å². The molecule has 0 aliphatic carbocycles. The first kappa shape index (κ1) is 16.5.